The summed E-state index contributed by atoms with van der Waals surface area (Å²) in [6.45, 7) is 1.97. The Morgan fingerprint density at radius 1 is 0.971 bits per heavy atom. The van der Waals surface area contributed by atoms with Crippen molar-refractivity contribution in [1.82, 2.24) is 4.98 Å². The van der Waals surface area contributed by atoms with E-state index >= 15 is 0 Å². The zero-order chi connectivity index (χ0) is 24.1. The van der Waals surface area contributed by atoms with E-state index in [-0.39, 0.29) is 16.4 Å². The number of fused-ring (bicyclic) bond motifs is 1. The van der Waals surface area contributed by atoms with Crippen molar-refractivity contribution in [2.24, 2.45) is 0 Å². The lowest BCUT2D eigenvalue weighted by atomic mass is 9.95. The summed E-state index contributed by atoms with van der Waals surface area (Å²) in [4.78, 5) is 32.5. The van der Waals surface area contributed by atoms with Crippen molar-refractivity contribution in [3.05, 3.63) is 98.0 Å². The zero-order valence-electron chi connectivity index (χ0n) is 17.6. The van der Waals surface area contributed by atoms with E-state index in [1.165, 1.54) is 16.2 Å². The molecule has 1 saturated heterocycles. The second-order valence-corrected chi connectivity index (χ2v) is 10.1. The summed E-state index contributed by atoms with van der Waals surface area (Å²) < 4.78 is 0.877. The molecule has 1 aliphatic rings. The Kier molecular flexibility index (Phi) is 5.86. The summed E-state index contributed by atoms with van der Waals surface area (Å²) in [6.07, 6.45) is 0. The first-order valence-corrected chi connectivity index (χ1v) is 12.1. The van der Waals surface area contributed by atoms with Crippen molar-refractivity contribution < 1.29 is 14.7 Å². The fraction of sp³-hybridized carbons (Fsp3) is 0.0800. The lowest BCUT2D eigenvalue weighted by Crippen LogP contribution is -2.29. The van der Waals surface area contributed by atoms with Crippen LogP contribution in [0.1, 0.15) is 22.7 Å². The van der Waals surface area contributed by atoms with E-state index < -0.39 is 17.7 Å². The van der Waals surface area contributed by atoms with Crippen molar-refractivity contribution in [3.8, 4) is 0 Å². The topological polar surface area (TPSA) is 70.5 Å². The van der Waals surface area contributed by atoms with E-state index in [9.17, 15) is 14.7 Å². The van der Waals surface area contributed by atoms with Gasteiger partial charge in [0, 0.05) is 10.6 Å². The van der Waals surface area contributed by atoms with Gasteiger partial charge >= 0.3 is 5.91 Å². The van der Waals surface area contributed by atoms with Crippen LogP contribution in [-0.2, 0) is 9.59 Å². The van der Waals surface area contributed by atoms with Gasteiger partial charge in [0.1, 0.15) is 5.76 Å². The molecule has 5 nitrogen and oxygen atoms in total. The molecule has 4 aromatic rings. The van der Waals surface area contributed by atoms with Crippen molar-refractivity contribution in [2.75, 3.05) is 4.90 Å². The molecule has 1 N–H and O–H groups in total. The first-order chi connectivity index (χ1) is 16.2. The average Bonchev–Trinajstić information content (AvgIpc) is 3.33. The second kappa shape index (κ2) is 8.71. The van der Waals surface area contributed by atoms with Crippen LogP contribution in [0.15, 0.2) is 66.2 Å². The van der Waals surface area contributed by atoms with Crippen LogP contribution in [0.3, 0.4) is 0 Å². The van der Waals surface area contributed by atoms with Gasteiger partial charge in [-0.1, -0.05) is 58.3 Å². The van der Waals surface area contributed by atoms with Gasteiger partial charge in [0.15, 0.2) is 5.13 Å². The Balaban J connectivity index is 1.74. The quantitative estimate of drug-likeness (QED) is 0.173. The van der Waals surface area contributed by atoms with E-state index in [4.69, 9.17) is 34.8 Å². The Bertz CT molecular complexity index is 1510. The summed E-state index contributed by atoms with van der Waals surface area (Å²) in [5.41, 5.74) is 2.56. The first-order valence-electron chi connectivity index (χ1n) is 10.1. The summed E-state index contributed by atoms with van der Waals surface area (Å²) in [5.74, 6) is -1.92. The predicted molar refractivity (Wildman–Crippen MR) is 137 cm³/mol. The minimum Gasteiger partial charge on any atom is -0.507 e. The third-order valence-corrected chi connectivity index (χ3v) is 7.57. The molecule has 0 saturated carbocycles. The highest BCUT2D eigenvalue weighted by Gasteiger charge is 2.48. The Morgan fingerprint density at radius 2 is 1.71 bits per heavy atom. The normalized spacial score (nSPS) is 17.6. The Hall–Kier alpha value is -2.90. The number of hydrogen-bond acceptors (Lipinski definition) is 5. The number of aryl methyl sites for hydroxylation is 1. The molecule has 0 aliphatic carbocycles. The highest BCUT2D eigenvalue weighted by atomic mass is 35.5. The molecular weight excluding hydrogens is 515 g/mol. The number of Topliss-reactive ketones (excluding diaryl/α,β-unsaturated/α-hetero) is 1. The van der Waals surface area contributed by atoms with Gasteiger partial charge in [-0.3, -0.25) is 14.5 Å². The molecule has 170 valence electrons. The molecule has 5 rings (SSSR count). The van der Waals surface area contributed by atoms with Crippen LogP contribution in [-0.4, -0.2) is 21.8 Å². The molecule has 9 heteroatoms. The maximum atomic E-state index is 13.3. The maximum absolute atomic E-state index is 13.3. The van der Waals surface area contributed by atoms with E-state index in [0.717, 1.165) is 10.3 Å². The van der Waals surface area contributed by atoms with Crippen LogP contribution in [0.2, 0.25) is 15.1 Å². The predicted octanol–water partition coefficient (Wildman–Crippen LogP) is 7.19. The number of carbonyl (C=O) groups excluding carboxylic acids is 2. The van der Waals surface area contributed by atoms with Crippen LogP contribution in [0, 0.1) is 6.92 Å². The molecule has 0 radical (unpaired) electrons. The van der Waals surface area contributed by atoms with Crippen LogP contribution >= 0.6 is 46.1 Å². The number of nitrogens with zero attached hydrogens (tertiary/aromatic N) is 2. The largest absolute Gasteiger partial charge is 0.507 e. The number of thiazole rings is 1. The smallest absolute Gasteiger partial charge is 0.301 e. The maximum Gasteiger partial charge on any atom is 0.301 e. The molecule has 34 heavy (non-hydrogen) atoms. The van der Waals surface area contributed by atoms with Gasteiger partial charge in [0.25, 0.3) is 5.78 Å². The summed E-state index contributed by atoms with van der Waals surface area (Å²) in [7, 11) is 0. The van der Waals surface area contributed by atoms with Crippen LogP contribution < -0.4 is 4.90 Å². The molecule has 1 unspecified atom stereocenters. The minimum absolute atomic E-state index is 0.0684. The third kappa shape index (κ3) is 3.87. The molecule has 1 fully saturated rings. The highest BCUT2D eigenvalue weighted by molar-refractivity contribution is 7.22. The first kappa shape index (κ1) is 22.9. The third-order valence-electron chi connectivity index (χ3n) is 5.56. The van der Waals surface area contributed by atoms with Gasteiger partial charge in [0.05, 0.1) is 31.9 Å². The highest BCUT2D eigenvalue weighted by Crippen LogP contribution is 2.45. The van der Waals surface area contributed by atoms with Crippen LogP contribution in [0.5, 0.6) is 0 Å². The second-order valence-electron chi connectivity index (χ2n) is 7.82. The molecule has 1 aliphatic heterocycles. The van der Waals surface area contributed by atoms with Gasteiger partial charge in [0.2, 0.25) is 0 Å². The zero-order valence-corrected chi connectivity index (χ0v) is 20.6. The van der Waals surface area contributed by atoms with E-state index in [1.54, 1.807) is 42.5 Å². The molecule has 0 bridgehead atoms. The SMILES string of the molecule is Cc1ccc2nc(N3C(=O)C(=O)C(=C(O)c4ccc(Cl)cc4)C3c3ccc(Cl)c(Cl)c3)sc2c1. The van der Waals surface area contributed by atoms with Crippen molar-refractivity contribution in [1.29, 1.82) is 0 Å². The molecule has 0 spiro atoms. The van der Waals surface area contributed by atoms with Crippen LogP contribution in [0.25, 0.3) is 16.0 Å². The fourth-order valence-corrected chi connectivity index (χ4v) is 5.44. The van der Waals surface area contributed by atoms with E-state index in [1.807, 2.05) is 25.1 Å². The van der Waals surface area contributed by atoms with Crippen molar-refractivity contribution >= 4 is 78.9 Å². The average molecular weight is 530 g/mol. The molecule has 1 atom stereocenters. The number of aliphatic hydroxyl groups is 1. The van der Waals surface area contributed by atoms with Gasteiger partial charge in [-0.2, -0.15) is 0 Å². The van der Waals surface area contributed by atoms with E-state index in [2.05, 4.69) is 4.98 Å². The summed E-state index contributed by atoms with van der Waals surface area (Å²) in [6, 6.07) is 16.0. The number of ketones is 1. The molecule has 3 aromatic carbocycles. The number of amides is 1. The van der Waals surface area contributed by atoms with Crippen molar-refractivity contribution in [2.45, 2.75) is 13.0 Å². The number of benzene rings is 3. The Morgan fingerprint density at radius 3 is 2.41 bits per heavy atom. The van der Waals surface area contributed by atoms with Gasteiger partial charge in [-0.25, -0.2) is 4.98 Å². The molecule has 1 amide bonds. The number of carbonyl (C=O) groups is 2. The number of aliphatic hydroxyl groups excluding tert-OH is 1. The van der Waals surface area contributed by atoms with Crippen LogP contribution in [0.4, 0.5) is 5.13 Å². The van der Waals surface area contributed by atoms with Gasteiger partial charge in [-0.05, 0) is 66.6 Å². The van der Waals surface area contributed by atoms with Gasteiger partial charge in [-0.15, -0.1) is 0 Å². The molecule has 1 aromatic heterocycles. The number of anilines is 1. The lowest BCUT2D eigenvalue weighted by Gasteiger charge is -2.23. The number of rotatable bonds is 3. The number of halogens is 3. The number of aromatic nitrogens is 1. The summed E-state index contributed by atoms with van der Waals surface area (Å²) in [5, 5.41) is 12.6. The summed E-state index contributed by atoms with van der Waals surface area (Å²) >= 11 is 19.7. The molecule has 2 heterocycles. The fourth-order valence-electron chi connectivity index (χ4n) is 3.91. The Labute approximate surface area is 213 Å². The minimum atomic E-state index is -0.952. The van der Waals surface area contributed by atoms with E-state index in [0.29, 0.717) is 31.8 Å². The number of hydrogen-bond donors (Lipinski definition) is 1. The monoisotopic (exact) mass is 528 g/mol. The molecular formula is C25H15Cl3N2O3S. The standard InChI is InChI=1S/C25H15Cl3N2O3S/c1-12-2-9-18-19(10-12)34-25(29-18)30-21(14-5-8-16(27)17(28)11-14)20(23(32)24(30)33)22(31)13-3-6-15(26)7-4-13/h2-11,21,31H,1H3. The van der Waals surface area contributed by atoms with Crippen molar-refractivity contribution in [3.63, 3.8) is 0 Å². The van der Waals surface area contributed by atoms with Gasteiger partial charge < -0.3 is 5.11 Å². The lowest BCUT2D eigenvalue weighted by molar-refractivity contribution is -0.132.